The molecule has 10 nitrogen and oxygen atoms in total. The maximum Gasteiger partial charge on any atom is 0.251 e. The Labute approximate surface area is 284 Å². The molecule has 2 amide bonds. The number of hydrogen-bond acceptors (Lipinski definition) is 7. The van der Waals surface area contributed by atoms with E-state index < -0.39 is 0 Å². The molecule has 254 valence electrons. The van der Waals surface area contributed by atoms with Crippen LogP contribution in [0.25, 0.3) is 22.5 Å². The summed E-state index contributed by atoms with van der Waals surface area (Å²) in [6.45, 7) is 13.3. The summed E-state index contributed by atoms with van der Waals surface area (Å²) in [5, 5.41) is 19.0. The average molecular weight is 652 g/mol. The summed E-state index contributed by atoms with van der Waals surface area (Å²) in [6, 6.07) is 23.3. The first-order chi connectivity index (χ1) is 23.0. The molecule has 5 rings (SSSR count). The van der Waals surface area contributed by atoms with Gasteiger partial charge in [-0.2, -0.15) is 0 Å². The minimum absolute atomic E-state index is 0.0401. The number of anilines is 1. The van der Waals surface area contributed by atoms with Gasteiger partial charge in [0.2, 0.25) is 5.91 Å². The van der Waals surface area contributed by atoms with E-state index in [0.717, 1.165) is 46.1 Å². The van der Waals surface area contributed by atoms with Gasteiger partial charge in [-0.1, -0.05) is 47.7 Å². The van der Waals surface area contributed by atoms with E-state index in [2.05, 4.69) is 66.9 Å². The zero-order valence-electron chi connectivity index (χ0n) is 29.1. The van der Waals surface area contributed by atoms with Crippen molar-refractivity contribution in [2.24, 2.45) is 0 Å². The lowest BCUT2D eigenvalue weighted by molar-refractivity contribution is -0.119. The minimum atomic E-state index is -0.150. The lowest BCUT2D eigenvalue weighted by Crippen LogP contribution is -2.39. The van der Waals surface area contributed by atoms with Crippen LogP contribution in [0.15, 0.2) is 72.8 Å². The second-order valence-corrected chi connectivity index (χ2v) is 14.0. The topological polar surface area (TPSA) is 113 Å². The fourth-order valence-corrected chi connectivity index (χ4v) is 5.70. The number of rotatable bonds is 13. The predicted molar refractivity (Wildman–Crippen MR) is 191 cm³/mol. The number of hydrogen-bond donors (Lipinski definition) is 3. The third-order valence-corrected chi connectivity index (χ3v) is 8.70. The Kier molecular flexibility index (Phi) is 11.0. The van der Waals surface area contributed by atoms with E-state index >= 15 is 0 Å². The number of fused-ring (bicyclic) bond motifs is 5. The van der Waals surface area contributed by atoms with E-state index in [0.29, 0.717) is 51.1 Å². The second kappa shape index (κ2) is 15.1. The first-order valence-corrected chi connectivity index (χ1v) is 16.8. The number of nitrogens with zero attached hydrogens (tertiary/aromatic N) is 4. The number of ether oxygens (including phenoxy) is 1. The maximum absolute atomic E-state index is 13.8. The number of carbonyl (C=O) groups excluding carboxylic acids is 2. The van der Waals surface area contributed by atoms with Crippen molar-refractivity contribution in [3.63, 3.8) is 0 Å². The number of nitrogens with one attached hydrogen (secondary N) is 3. The Morgan fingerprint density at radius 2 is 1.60 bits per heavy atom. The van der Waals surface area contributed by atoms with Crippen LogP contribution in [-0.2, 0) is 17.9 Å². The Bertz CT molecular complexity index is 1710. The molecule has 0 unspecified atom stereocenters. The highest BCUT2D eigenvalue weighted by molar-refractivity contribution is 6.00. The van der Waals surface area contributed by atoms with E-state index in [4.69, 9.17) is 4.74 Å². The molecule has 48 heavy (non-hydrogen) atoms. The minimum Gasteiger partial charge on any atom is -0.492 e. The van der Waals surface area contributed by atoms with Gasteiger partial charge in [0.25, 0.3) is 5.91 Å². The lowest BCUT2D eigenvalue weighted by Gasteiger charge is -2.30. The summed E-state index contributed by atoms with van der Waals surface area (Å²) >= 11 is 0. The van der Waals surface area contributed by atoms with Crippen LogP contribution in [-0.4, -0.2) is 64.6 Å². The van der Waals surface area contributed by atoms with Crippen LogP contribution in [0.1, 0.15) is 69.8 Å². The van der Waals surface area contributed by atoms with Crippen molar-refractivity contribution in [1.82, 2.24) is 30.9 Å². The van der Waals surface area contributed by atoms with Crippen molar-refractivity contribution in [2.45, 2.75) is 78.0 Å². The molecule has 2 heterocycles. The second-order valence-electron chi connectivity index (χ2n) is 14.0. The van der Waals surface area contributed by atoms with Crippen molar-refractivity contribution in [2.75, 3.05) is 31.6 Å². The zero-order valence-corrected chi connectivity index (χ0v) is 29.1. The Morgan fingerprint density at radius 3 is 2.33 bits per heavy atom. The normalized spacial score (nSPS) is 12.8. The molecule has 0 aliphatic carbocycles. The third kappa shape index (κ3) is 8.67. The molecule has 1 aliphatic heterocycles. The monoisotopic (exact) mass is 651 g/mol. The average Bonchev–Trinajstić information content (AvgIpc) is 3.48. The van der Waals surface area contributed by atoms with Gasteiger partial charge in [0, 0.05) is 53.8 Å². The molecule has 0 saturated heterocycles. The van der Waals surface area contributed by atoms with Gasteiger partial charge in [-0.05, 0) is 90.4 Å². The van der Waals surface area contributed by atoms with E-state index in [-0.39, 0.29) is 22.9 Å². The standard InChI is InChI=1S/C38H49N7O3/c1-37(2,3)41-23-25-48-29-18-16-27(17-19-29)36(47)40-22-11-24-45-35-31-14-9-10-15-32(31)44(33(46)20-21-38(4,5)39-6)26-28-12-7-8-13-30(28)34(35)42-43-45/h7-10,12-19,39,41H,11,20-26H2,1-6H3,(H,40,47). The molecule has 3 aromatic carbocycles. The molecule has 0 atom stereocenters. The van der Waals surface area contributed by atoms with Crippen molar-refractivity contribution < 1.29 is 14.3 Å². The number of carbonyl (C=O) groups is 2. The van der Waals surface area contributed by atoms with E-state index in [9.17, 15) is 9.59 Å². The number of amides is 2. The molecule has 0 bridgehead atoms. The molecule has 0 saturated carbocycles. The third-order valence-electron chi connectivity index (χ3n) is 8.70. The van der Waals surface area contributed by atoms with Gasteiger partial charge in [-0.15, -0.1) is 5.10 Å². The van der Waals surface area contributed by atoms with Gasteiger partial charge in [-0.3, -0.25) is 9.59 Å². The highest BCUT2D eigenvalue weighted by Gasteiger charge is 2.29. The molecule has 0 fully saturated rings. The largest absolute Gasteiger partial charge is 0.492 e. The van der Waals surface area contributed by atoms with Crippen molar-refractivity contribution >= 4 is 17.5 Å². The molecule has 1 aliphatic rings. The van der Waals surface area contributed by atoms with Gasteiger partial charge in [-0.25, -0.2) is 4.68 Å². The predicted octanol–water partition coefficient (Wildman–Crippen LogP) is 5.82. The van der Waals surface area contributed by atoms with Gasteiger partial charge in [0.05, 0.1) is 17.9 Å². The Hall–Kier alpha value is -4.54. The molecule has 3 N–H and O–H groups in total. The van der Waals surface area contributed by atoms with Crippen molar-refractivity contribution in [3.8, 4) is 28.3 Å². The molecule has 0 spiro atoms. The van der Waals surface area contributed by atoms with Crippen LogP contribution < -0.4 is 25.6 Å². The highest BCUT2D eigenvalue weighted by atomic mass is 16.5. The van der Waals surface area contributed by atoms with E-state index in [1.54, 1.807) is 12.1 Å². The maximum atomic E-state index is 13.8. The van der Waals surface area contributed by atoms with E-state index in [1.165, 1.54) is 0 Å². The van der Waals surface area contributed by atoms with E-state index in [1.807, 2.05) is 71.2 Å². The first-order valence-electron chi connectivity index (χ1n) is 16.8. The fourth-order valence-electron chi connectivity index (χ4n) is 5.70. The van der Waals surface area contributed by atoms with Gasteiger partial charge < -0.3 is 25.6 Å². The SMILES string of the molecule is CNC(C)(C)CCC(=O)N1Cc2ccccc2-c2nnn(CCCNC(=O)c3ccc(OCCNC(C)(C)C)cc3)c2-c2ccccc21. The van der Waals surface area contributed by atoms with Crippen LogP contribution in [0.5, 0.6) is 5.75 Å². The number of para-hydroxylation sites is 1. The first kappa shape index (κ1) is 34.8. The number of aryl methyl sites for hydroxylation is 1. The van der Waals surface area contributed by atoms with Gasteiger partial charge in [0.1, 0.15) is 18.1 Å². The quantitative estimate of drug-likeness (QED) is 0.156. The molecule has 1 aromatic heterocycles. The molecule has 10 heteroatoms. The van der Waals surface area contributed by atoms with Crippen LogP contribution in [0.3, 0.4) is 0 Å². The van der Waals surface area contributed by atoms with Crippen molar-refractivity contribution in [3.05, 3.63) is 83.9 Å². The smallest absolute Gasteiger partial charge is 0.251 e. The molecular weight excluding hydrogens is 602 g/mol. The summed E-state index contributed by atoms with van der Waals surface area (Å²) in [7, 11) is 1.93. The van der Waals surface area contributed by atoms with Crippen LogP contribution >= 0.6 is 0 Å². The summed E-state index contributed by atoms with van der Waals surface area (Å²) < 4.78 is 7.70. The van der Waals surface area contributed by atoms with Gasteiger partial charge >= 0.3 is 0 Å². The van der Waals surface area contributed by atoms with Crippen molar-refractivity contribution in [1.29, 1.82) is 0 Å². The number of benzene rings is 3. The summed E-state index contributed by atoms with van der Waals surface area (Å²) in [5.41, 5.74) is 5.87. The summed E-state index contributed by atoms with van der Waals surface area (Å²) in [6.07, 6.45) is 1.78. The Morgan fingerprint density at radius 1 is 0.896 bits per heavy atom. The highest BCUT2D eigenvalue weighted by Crippen LogP contribution is 2.41. The fraction of sp³-hybridized carbons (Fsp3) is 0.421. The number of aromatic nitrogens is 3. The molecular formula is C38H49N7O3. The summed E-state index contributed by atoms with van der Waals surface area (Å²) in [5.74, 6) is 0.663. The van der Waals surface area contributed by atoms with Gasteiger partial charge in [0.15, 0.2) is 0 Å². The summed E-state index contributed by atoms with van der Waals surface area (Å²) in [4.78, 5) is 28.6. The van der Waals surface area contributed by atoms with Crippen LogP contribution in [0.4, 0.5) is 5.69 Å². The van der Waals surface area contributed by atoms with Crippen LogP contribution in [0, 0.1) is 0 Å². The van der Waals surface area contributed by atoms with Crippen LogP contribution in [0.2, 0.25) is 0 Å². The lowest BCUT2D eigenvalue weighted by atomic mass is 9.94. The Balaban J connectivity index is 1.28. The molecule has 0 radical (unpaired) electrons. The molecule has 4 aromatic rings. The zero-order chi connectivity index (χ0) is 34.3.